The maximum Gasteiger partial charge on any atom is 0.166 e. The summed E-state index contributed by atoms with van der Waals surface area (Å²) < 4.78 is 1.87. The minimum Gasteiger partial charge on any atom is -0.317 e. The third kappa shape index (κ3) is 4.75. The summed E-state index contributed by atoms with van der Waals surface area (Å²) in [6.07, 6.45) is 3.52. The van der Waals surface area contributed by atoms with E-state index in [0.29, 0.717) is 5.82 Å². The van der Waals surface area contributed by atoms with E-state index in [1.54, 1.807) is 6.33 Å². The van der Waals surface area contributed by atoms with Crippen molar-refractivity contribution >= 4 is 10.8 Å². The molecule has 7 aromatic rings. The molecule has 0 aliphatic carbocycles. The molecule has 0 fully saturated rings. The molecule has 7 rings (SSSR count). The van der Waals surface area contributed by atoms with Crippen LogP contribution in [0.3, 0.4) is 0 Å². The molecule has 5 nitrogen and oxygen atoms in total. The van der Waals surface area contributed by atoms with Crippen molar-refractivity contribution in [2.45, 2.75) is 13.8 Å². The van der Waals surface area contributed by atoms with Gasteiger partial charge in [0.25, 0.3) is 0 Å². The van der Waals surface area contributed by atoms with E-state index >= 15 is 0 Å². The first-order valence-corrected chi connectivity index (χ1v) is 14.0. The summed E-state index contributed by atoms with van der Waals surface area (Å²) in [7, 11) is 1.92. The SMILES string of the molecule is Cc1ccc(-c2cc(-c3ccccc3)cc(-c3cccc4cc(-c5ncc(-c6nncn6C)c(C)n5)ccc34)c2)cc1. The van der Waals surface area contributed by atoms with Gasteiger partial charge in [0.2, 0.25) is 0 Å². The number of nitrogens with zero attached hydrogens (tertiary/aromatic N) is 5. The van der Waals surface area contributed by atoms with Crippen LogP contribution in [0.1, 0.15) is 11.3 Å². The molecule has 2 aromatic heterocycles. The van der Waals surface area contributed by atoms with Gasteiger partial charge in [-0.2, -0.15) is 0 Å². The summed E-state index contributed by atoms with van der Waals surface area (Å²) in [4.78, 5) is 9.53. The molecule has 0 saturated carbocycles. The summed E-state index contributed by atoms with van der Waals surface area (Å²) in [6.45, 7) is 4.11. The van der Waals surface area contributed by atoms with E-state index in [2.05, 4.69) is 126 Å². The zero-order chi connectivity index (χ0) is 28.6. The average molecular weight is 544 g/mol. The Balaban J connectivity index is 1.33. The minimum absolute atomic E-state index is 0.693. The zero-order valence-corrected chi connectivity index (χ0v) is 23.8. The summed E-state index contributed by atoms with van der Waals surface area (Å²) in [6, 6.07) is 39.2. The molecule has 202 valence electrons. The normalized spacial score (nSPS) is 11.2. The number of benzene rings is 5. The van der Waals surface area contributed by atoms with Crippen molar-refractivity contribution in [3.63, 3.8) is 0 Å². The number of aryl methyl sites for hydroxylation is 3. The van der Waals surface area contributed by atoms with E-state index in [4.69, 9.17) is 9.97 Å². The topological polar surface area (TPSA) is 56.5 Å². The Morgan fingerprint density at radius 3 is 2.02 bits per heavy atom. The van der Waals surface area contributed by atoms with Crippen LogP contribution in [-0.4, -0.2) is 24.7 Å². The molecule has 2 heterocycles. The predicted octanol–water partition coefficient (Wildman–Crippen LogP) is 8.71. The van der Waals surface area contributed by atoms with Crippen LogP contribution < -0.4 is 0 Å². The highest BCUT2D eigenvalue weighted by Crippen LogP contribution is 2.37. The predicted molar refractivity (Wildman–Crippen MR) is 171 cm³/mol. The van der Waals surface area contributed by atoms with Crippen LogP contribution in [0.2, 0.25) is 0 Å². The first kappa shape index (κ1) is 25.5. The Hall–Kier alpha value is -5.42. The Kier molecular flexibility index (Phi) is 6.40. The van der Waals surface area contributed by atoms with Gasteiger partial charge >= 0.3 is 0 Å². The second kappa shape index (κ2) is 10.5. The summed E-state index contributed by atoms with van der Waals surface area (Å²) >= 11 is 0. The molecule has 5 aromatic carbocycles. The van der Waals surface area contributed by atoms with E-state index in [1.165, 1.54) is 44.3 Å². The van der Waals surface area contributed by atoms with Crippen molar-refractivity contribution in [1.29, 1.82) is 0 Å². The molecular formula is C37H29N5. The fraction of sp³-hybridized carbons (Fsp3) is 0.0811. The lowest BCUT2D eigenvalue weighted by molar-refractivity contribution is 0.913. The number of hydrogen-bond acceptors (Lipinski definition) is 4. The molecule has 0 unspecified atom stereocenters. The second-order valence-electron chi connectivity index (χ2n) is 10.7. The minimum atomic E-state index is 0.693. The monoisotopic (exact) mass is 543 g/mol. The van der Waals surface area contributed by atoms with Crippen molar-refractivity contribution in [3.8, 4) is 56.2 Å². The van der Waals surface area contributed by atoms with Gasteiger partial charge in [0, 0.05) is 18.8 Å². The van der Waals surface area contributed by atoms with Gasteiger partial charge in [-0.3, -0.25) is 0 Å². The molecule has 0 aliphatic rings. The van der Waals surface area contributed by atoms with Gasteiger partial charge in [0.1, 0.15) is 6.33 Å². The lowest BCUT2D eigenvalue weighted by Crippen LogP contribution is -1.99. The lowest BCUT2D eigenvalue weighted by Gasteiger charge is -2.14. The van der Waals surface area contributed by atoms with Crippen LogP contribution in [0.15, 0.2) is 122 Å². The van der Waals surface area contributed by atoms with Crippen LogP contribution in [0, 0.1) is 13.8 Å². The smallest absolute Gasteiger partial charge is 0.166 e. The van der Waals surface area contributed by atoms with Crippen LogP contribution in [-0.2, 0) is 7.05 Å². The van der Waals surface area contributed by atoms with Crippen molar-refractivity contribution in [1.82, 2.24) is 24.7 Å². The molecule has 0 atom stereocenters. The Morgan fingerprint density at radius 1 is 0.595 bits per heavy atom. The van der Waals surface area contributed by atoms with Gasteiger partial charge in [0.15, 0.2) is 11.6 Å². The van der Waals surface area contributed by atoms with Crippen molar-refractivity contribution < 1.29 is 0 Å². The number of fused-ring (bicyclic) bond motifs is 1. The molecular weight excluding hydrogens is 514 g/mol. The first-order chi connectivity index (χ1) is 20.5. The highest BCUT2D eigenvalue weighted by molar-refractivity contribution is 5.99. The standard InChI is InChI=1S/C37H29N5/c1-24-12-14-27(15-13-24)31-19-30(26-8-5-4-6-9-26)20-32(21-31)33-11-7-10-28-18-29(16-17-34(28)33)36-38-22-35(25(2)40-36)37-41-39-23-42(37)3/h4-23H,1-3H3. The van der Waals surface area contributed by atoms with Gasteiger partial charge in [-0.25, -0.2) is 9.97 Å². The zero-order valence-electron chi connectivity index (χ0n) is 23.8. The Morgan fingerprint density at radius 2 is 1.31 bits per heavy atom. The molecule has 0 aliphatic heterocycles. The van der Waals surface area contributed by atoms with Gasteiger partial charge in [0.05, 0.1) is 11.3 Å². The molecule has 42 heavy (non-hydrogen) atoms. The van der Waals surface area contributed by atoms with E-state index in [-0.39, 0.29) is 0 Å². The fourth-order valence-corrected chi connectivity index (χ4v) is 5.52. The maximum atomic E-state index is 4.83. The van der Waals surface area contributed by atoms with E-state index in [0.717, 1.165) is 28.0 Å². The molecule has 0 spiro atoms. The van der Waals surface area contributed by atoms with Crippen LogP contribution in [0.25, 0.3) is 66.9 Å². The fourth-order valence-electron chi connectivity index (χ4n) is 5.52. The van der Waals surface area contributed by atoms with Gasteiger partial charge < -0.3 is 4.57 Å². The van der Waals surface area contributed by atoms with Crippen LogP contribution in [0.5, 0.6) is 0 Å². The summed E-state index contributed by atoms with van der Waals surface area (Å²) in [5.74, 6) is 1.45. The van der Waals surface area contributed by atoms with E-state index in [1.807, 2.05) is 24.7 Å². The maximum absolute atomic E-state index is 4.83. The molecule has 0 amide bonds. The van der Waals surface area contributed by atoms with E-state index < -0.39 is 0 Å². The average Bonchev–Trinajstić information content (AvgIpc) is 3.46. The largest absolute Gasteiger partial charge is 0.317 e. The molecule has 0 bridgehead atoms. The van der Waals surface area contributed by atoms with Crippen LogP contribution >= 0.6 is 0 Å². The molecule has 0 saturated heterocycles. The number of aromatic nitrogens is 5. The third-order valence-electron chi connectivity index (χ3n) is 7.81. The van der Waals surface area contributed by atoms with Gasteiger partial charge in [-0.05, 0) is 82.3 Å². The molecule has 5 heteroatoms. The molecule has 0 radical (unpaired) electrons. The quantitative estimate of drug-likeness (QED) is 0.218. The highest BCUT2D eigenvalue weighted by atomic mass is 15.2. The summed E-state index contributed by atoms with van der Waals surface area (Å²) in [5, 5.41) is 10.5. The van der Waals surface area contributed by atoms with E-state index in [9.17, 15) is 0 Å². The van der Waals surface area contributed by atoms with Crippen LogP contribution in [0.4, 0.5) is 0 Å². The Bertz CT molecular complexity index is 2060. The summed E-state index contributed by atoms with van der Waals surface area (Å²) in [5.41, 5.74) is 11.2. The Labute approximate surface area is 245 Å². The van der Waals surface area contributed by atoms with Crippen molar-refractivity contribution in [2.24, 2.45) is 7.05 Å². The second-order valence-corrected chi connectivity index (χ2v) is 10.7. The lowest BCUT2D eigenvalue weighted by atomic mass is 9.91. The number of hydrogen-bond donors (Lipinski definition) is 0. The third-order valence-corrected chi connectivity index (χ3v) is 7.81. The van der Waals surface area contributed by atoms with Crippen molar-refractivity contribution in [2.75, 3.05) is 0 Å². The molecule has 0 N–H and O–H groups in total. The van der Waals surface area contributed by atoms with Crippen molar-refractivity contribution in [3.05, 3.63) is 133 Å². The van der Waals surface area contributed by atoms with Gasteiger partial charge in [-0.15, -0.1) is 10.2 Å². The van der Waals surface area contributed by atoms with Gasteiger partial charge in [-0.1, -0.05) is 90.5 Å². The highest BCUT2D eigenvalue weighted by Gasteiger charge is 2.14. The first-order valence-electron chi connectivity index (χ1n) is 14.0. The number of rotatable bonds is 5.